The molecule has 1 aromatic carbocycles. The molecule has 3 aromatic rings. The van der Waals surface area contributed by atoms with Gasteiger partial charge in [-0.05, 0) is 42.5 Å². The predicted molar refractivity (Wildman–Crippen MR) is 143 cm³/mol. The van der Waals surface area contributed by atoms with Gasteiger partial charge < -0.3 is 20.1 Å². The van der Waals surface area contributed by atoms with E-state index in [2.05, 4.69) is 45.1 Å². The van der Waals surface area contributed by atoms with Gasteiger partial charge in [-0.15, -0.1) is 0 Å². The van der Waals surface area contributed by atoms with Gasteiger partial charge in [0.1, 0.15) is 5.82 Å². The van der Waals surface area contributed by atoms with Crippen molar-refractivity contribution in [1.29, 1.82) is 0 Å². The molecule has 3 fully saturated rings. The number of halogens is 1. The molecule has 1 aliphatic carbocycles. The lowest BCUT2D eigenvalue weighted by molar-refractivity contribution is -0.117. The predicted octanol–water partition coefficient (Wildman–Crippen LogP) is 2.88. The summed E-state index contributed by atoms with van der Waals surface area (Å²) in [5, 5.41) is 20.5. The third-order valence-corrected chi connectivity index (χ3v) is 8.83. The summed E-state index contributed by atoms with van der Waals surface area (Å²) in [7, 11) is 1.89. The second kappa shape index (κ2) is 9.23. The van der Waals surface area contributed by atoms with Crippen molar-refractivity contribution < 1.29 is 14.6 Å². The van der Waals surface area contributed by atoms with Gasteiger partial charge in [-0.2, -0.15) is 5.10 Å². The number of nitrogens with one attached hydrogen (secondary N) is 1. The molecule has 5 atom stereocenters. The SMILES string of the molecule is C[C@@H]1[C@@H](C(=O)Nc2cc3cc(N4CCN([C@@]5(C)COC[C@H]5O)CC4)c(Cl)cc3cn2)[C@@H]1c1ccn(C)n1. The molecule has 9 nitrogen and oxygen atoms in total. The number of carbonyl (C=O) groups excluding carboxylic acids is 1. The highest BCUT2D eigenvalue weighted by atomic mass is 35.5. The summed E-state index contributed by atoms with van der Waals surface area (Å²) in [5.41, 5.74) is 1.59. The quantitative estimate of drug-likeness (QED) is 0.530. The highest BCUT2D eigenvalue weighted by molar-refractivity contribution is 6.34. The second-order valence-corrected chi connectivity index (χ2v) is 11.3. The summed E-state index contributed by atoms with van der Waals surface area (Å²) in [5.74, 6) is 0.808. The van der Waals surface area contributed by atoms with E-state index in [1.54, 1.807) is 10.9 Å². The molecule has 2 aliphatic heterocycles. The van der Waals surface area contributed by atoms with Gasteiger partial charge in [0.25, 0.3) is 0 Å². The monoisotopic (exact) mass is 524 g/mol. The second-order valence-electron chi connectivity index (χ2n) is 10.9. The van der Waals surface area contributed by atoms with Crippen LogP contribution >= 0.6 is 11.6 Å². The minimum absolute atomic E-state index is 0.0214. The maximum Gasteiger partial charge on any atom is 0.229 e. The van der Waals surface area contributed by atoms with Crippen molar-refractivity contribution >= 4 is 39.8 Å². The minimum Gasteiger partial charge on any atom is -0.389 e. The van der Waals surface area contributed by atoms with Crippen LogP contribution in [-0.4, -0.2) is 81.7 Å². The number of fused-ring (bicyclic) bond motifs is 1. The third kappa shape index (κ3) is 4.37. The Morgan fingerprint density at radius 1 is 1.22 bits per heavy atom. The van der Waals surface area contributed by atoms with Crippen LogP contribution in [0.15, 0.2) is 36.7 Å². The van der Waals surface area contributed by atoms with Gasteiger partial charge in [0.2, 0.25) is 5.91 Å². The largest absolute Gasteiger partial charge is 0.389 e. The van der Waals surface area contributed by atoms with Crippen LogP contribution in [0.2, 0.25) is 5.02 Å². The number of nitrogens with zero attached hydrogens (tertiary/aromatic N) is 5. The van der Waals surface area contributed by atoms with Crippen LogP contribution in [0.4, 0.5) is 11.5 Å². The molecule has 2 aromatic heterocycles. The molecule has 0 radical (unpaired) electrons. The van der Waals surface area contributed by atoms with E-state index < -0.39 is 6.10 Å². The molecule has 196 valence electrons. The fraction of sp³-hybridized carbons (Fsp3) is 0.519. The fourth-order valence-electron chi connectivity index (χ4n) is 6.02. The van der Waals surface area contributed by atoms with Gasteiger partial charge in [0, 0.05) is 56.9 Å². The smallest absolute Gasteiger partial charge is 0.229 e. The van der Waals surface area contributed by atoms with Crippen LogP contribution in [0, 0.1) is 11.8 Å². The third-order valence-electron chi connectivity index (χ3n) is 8.53. The lowest BCUT2D eigenvalue weighted by Crippen LogP contribution is -2.60. The summed E-state index contributed by atoms with van der Waals surface area (Å²) in [6.07, 6.45) is 3.20. The Labute approximate surface area is 221 Å². The normalized spacial score (nSPS) is 30.1. The Morgan fingerprint density at radius 3 is 2.68 bits per heavy atom. The van der Waals surface area contributed by atoms with Crippen molar-refractivity contribution in [2.24, 2.45) is 18.9 Å². The van der Waals surface area contributed by atoms with E-state index >= 15 is 0 Å². The summed E-state index contributed by atoms with van der Waals surface area (Å²) in [6, 6.07) is 7.92. The maximum atomic E-state index is 13.0. The molecule has 37 heavy (non-hydrogen) atoms. The molecule has 0 unspecified atom stereocenters. The molecule has 6 rings (SSSR count). The number of aliphatic hydroxyl groups excluding tert-OH is 1. The molecular formula is C27H33ClN6O3. The first-order valence-corrected chi connectivity index (χ1v) is 13.3. The molecule has 0 bridgehead atoms. The van der Waals surface area contributed by atoms with Crippen LogP contribution in [0.3, 0.4) is 0 Å². The molecule has 2 N–H and O–H groups in total. The average molecular weight is 525 g/mol. The minimum atomic E-state index is -0.470. The summed E-state index contributed by atoms with van der Waals surface area (Å²) < 4.78 is 7.30. The Balaban J connectivity index is 1.16. The van der Waals surface area contributed by atoms with Gasteiger partial charge in [-0.1, -0.05) is 18.5 Å². The first-order chi connectivity index (χ1) is 17.7. The number of amides is 1. The number of piperazine rings is 1. The summed E-state index contributed by atoms with van der Waals surface area (Å²) in [4.78, 5) is 22.1. The molecule has 3 aliphatic rings. The van der Waals surface area contributed by atoms with E-state index in [0.717, 1.165) is 48.3 Å². The van der Waals surface area contributed by atoms with E-state index in [0.29, 0.717) is 24.1 Å². The number of aromatic nitrogens is 3. The van der Waals surface area contributed by atoms with E-state index in [9.17, 15) is 9.90 Å². The van der Waals surface area contributed by atoms with Crippen molar-refractivity contribution in [3.8, 4) is 0 Å². The number of ether oxygens (including phenoxy) is 1. The molecular weight excluding hydrogens is 492 g/mol. The molecule has 4 heterocycles. The van der Waals surface area contributed by atoms with Gasteiger partial charge in [-0.25, -0.2) is 4.98 Å². The standard InChI is InChI=1S/C27H33ClN6O3/c1-16-24(20-4-5-32(3)31-20)25(16)26(36)30-23-12-17-11-21(19(28)10-18(17)13-29-23)33-6-8-34(9-7-33)27(2)15-37-14-22(27)35/h4-5,10-13,16,22,24-25,35H,6-9,14-15H2,1-3H3,(H,29,30,36)/t16-,22+,24-,25+,27-/m0/s1. The molecule has 0 spiro atoms. The fourth-order valence-corrected chi connectivity index (χ4v) is 6.31. The average Bonchev–Trinajstić information content (AvgIpc) is 3.15. The number of anilines is 2. The number of aryl methyl sites for hydroxylation is 1. The Kier molecular flexibility index (Phi) is 6.14. The van der Waals surface area contributed by atoms with Gasteiger partial charge in [0.15, 0.2) is 0 Å². The topological polar surface area (TPSA) is 95.8 Å². The van der Waals surface area contributed by atoms with Crippen LogP contribution in [0.1, 0.15) is 25.5 Å². The number of hydrogen-bond acceptors (Lipinski definition) is 7. The van der Waals surface area contributed by atoms with Crippen molar-refractivity contribution in [2.75, 3.05) is 49.6 Å². The summed E-state index contributed by atoms with van der Waals surface area (Å²) in [6.45, 7) is 8.35. The van der Waals surface area contributed by atoms with Crippen molar-refractivity contribution in [3.05, 3.63) is 47.4 Å². The van der Waals surface area contributed by atoms with Gasteiger partial charge in [-0.3, -0.25) is 14.4 Å². The number of benzene rings is 1. The molecule has 1 amide bonds. The van der Waals surface area contributed by atoms with Crippen LogP contribution < -0.4 is 10.2 Å². The Hall–Kier alpha value is -2.72. The number of pyridine rings is 1. The van der Waals surface area contributed by atoms with E-state index in [4.69, 9.17) is 16.3 Å². The van der Waals surface area contributed by atoms with Crippen molar-refractivity contribution in [1.82, 2.24) is 19.7 Å². The van der Waals surface area contributed by atoms with Crippen molar-refractivity contribution in [3.63, 3.8) is 0 Å². The zero-order valence-electron chi connectivity index (χ0n) is 21.4. The van der Waals surface area contributed by atoms with Crippen LogP contribution in [0.25, 0.3) is 10.8 Å². The van der Waals surface area contributed by atoms with Gasteiger partial charge in [0.05, 0.1) is 47.2 Å². The maximum absolute atomic E-state index is 13.0. The van der Waals surface area contributed by atoms with Crippen LogP contribution in [0.5, 0.6) is 0 Å². The first-order valence-electron chi connectivity index (χ1n) is 12.9. The molecule has 1 saturated carbocycles. The highest BCUT2D eigenvalue weighted by Gasteiger charge is 2.53. The molecule has 2 saturated heterocycles. The molecule has 10 heteroatoms. The van der Waals surface area contributed by atoms with E-state index in [1.165, 1.54) is 0 Å². The zero-order chi connectivity index (χ0) is 25.9. The number of rotatable bonds is 5. The lowest BCUT2D eigenvalue weighted by Gasteiger charge is -2.45. The number of carbonyl (C=O) groups is 1. The zero-order valence-corrected chi connectivity index (χ0v) is 22.1. The van der Waals surface area contributed by atoms with E-state index in [-0.39, 0.29) is 29.2 Å². The van der Waals surface area contributed by atoms with Crippen molar-refractivity contribution in [2.45, 2.75) is 31.4 Å². The highest BCUT2D eigenvalue weighted by Crippen LogP contribution is 2.53. The number of hydrogen-bond donors (Lipinski definition) is 2. The van der Waals surface area contributed by atoms with Crippen LogP contribution in [-0.2, 0) is 16.6 Å². The summed E-state index contributed by atoms with van der Waals surface area (Å²) >= 11 is 6.70. The van der Waals surface area contributed by atoms with Gasteiger partial charge >= 0.3 is 0 Å². The number of aliphatic hydroxyl groups is 1. The Morgan fingerprint density at radius 2 is 2.00 bits per heavy atom. The van der Waals surface area contributed by atoms with E-state index in [1.807, 2.05) is 31.4 Å². The Bertz CT molecular complexity index is 1340. The lowest BCUT2D eigenvalue weighted by atomic mass is 9.95. The first kappa shape index (κ1) is 24.6.